The molecule has 0 spiro atoms. The van der Waals surface area contributed by atoms with Crippen LogP contribution in [0.2, 0.25) is 0 Å². The maximum absolute atomic E-state index is 5.36. The van der Waals surface area contributed by atoms with E-state index in [9.17, 15) is 0 Å². The SMILES string of the molecule is C1=CC2C3C=CC(C3)C2C1.C1=CC2CCC1C2.C1=CC2CCC1O2. The zero-order valence-electron chi connectivity index (χ0n) is 14.6. The van der Waals surface area contributed by atoms with Gasteiger partial charge in [-0.25, -0.2) is 0 Å². The Balaban J connectivity index is 0.0000000839. The topological polar surface area (TPSA) is 9.23 Å². The molecule has 0 radical (unpaired) electrons. The van der Waals surface area contributed by atoms with Gasteiger partial charge in [0.1, 0.15) is 0 Å². The highest BCUT2D eigenvalue weighted by atomic mass is 16.5. The second kappa shape index (κ2) is 6.33. The van der Waals surface area contributed by atoms with E-state index in [1.165, 1.54) is 44.9 Å². The van der Waals surface area contributed by atoms with Crippen molar-refractivity contribution in [2.75, 3.05) is 0 Å². The number of hydrogen-bond acceptors (Lipinski definition) is 1. The Bertz CT molecular complexity index is 531. The minimum Gasteiger partial charge on any atom is -0.367 e. The Morgan fingerprint density at radius 3 is 1.79 bits per heavy atom. The summed E-state index contributed by atoms with van der Waals surface area (Å²) in [6.07, 6.45) is 29.5. The number of ether oxygens (including phenoxy) is 1. The van der Waals surface area contributed by atoms with E-state index in [2.05, 4.69) is 48.6 Å². The van der Waals surface area contributed by atoms with Gasteiger partial charge in [0.2, 0.25) is 0 Å². The molecule has 8 atom stereocenters. The summed E-state index contributed by atoms with van der Waals surface area (Å²) in [6.45, 7) is 0. The monoisotopic (exact) mass is 322 g/mol. The molecule has 24 heavy (non-hydrogen) atoms. The Morgan fingerprint density at radius 2 is 1.33 bits per heavy atom. The van der Waals surface area contributed by atoms with Crippen molar-refractivity contribution in [3.05, 3.63) is 48.6 Å². The molecule has 0 aromatic heterocycles. The maximum Gasteiger partial charge on any atom is 0.0765 e. The Hall–Kier alpha value is -1.08. The molecule has 3 fully saturated rings. The molecule has 2 heterocycles. The lowest BCUT2D eigenvalue weighted by Crippen LogP contribution is -2.12. The summed E-state index contributed by atoms with van der Waals surface area (Å²) in [7, 11) is 0. The van der Waals surface area contributed by atoms with Gasteiger partial charge in [-0.2, -0.15) is 0 Å². The van der Waals surface area contributed by atoms with E-state index in [0.717, 1.165) is 35.5 Å². The van der Waals surface area contributed by atoms with E-state index in [1.807, 2.05) is 0 Å². The first-order valence-corrected chi connectivity index (χ1v) is 10.2. The van der Waals surface area contributed by atoms with Crippen LogP contribution < -0.4 is 0 Å². The molecule has 1 nitrogen and oxygen atoms in total. The van der Waals surface area contributed by atoms with Crippen LogP contribution in [-0.4, -0.2) is 12.2 Å². The van der Waals surface area contributed by atoms with Crippen LogP contribution in [0.15, 0.2) is 48.6 Å². The lowest BCUT2D eigenvalue weighted by atomic mass is 9.86. The summed E-state index contributed by atoms with van der Waals surface area (Å²) in [5.74, 6) is 5.80. The van der Waals surface area contributed by atoms with Crippen molar-refractivity contribution < 1.29 is 4.74 Å². The summed E-state index contributed by atoms with van der Waals surface area (Å²) < 4.78 is 5.36. The van der Waals surface area contributed by atoms with Gasteiger partial charge in [-0.3, -0.25) is 0 Å². The zero-order valence-corrected chi connectivity index (χ0v) is 14.6. The molecule has 0 N–H and O–H groups in total. The standard InChI is InChI=1S/C10H12.C7H10.C6H8O/c1-2-9-7-4-5-8(6-7)10(9)3-1;1-2-7-4-3-6(1)5-7;1-2-6-4-3-5(1)7-6/h1-2,4-5,7-10H,3,6H2;1-2,6-7H,3-5H2;1-2,5-6H,3-4H2. The first kappa shape index (κ1) is 15.2. The molecule has 2 saturated carbocycles. The molecular formula is C23H30O. The van der Waals surface area contributed by atoms with Gasteiger partial charge in [0.15, 0.2) is 0 Å². The van der Waals surface area contributed by atoms with Crippen molar-refractivity contribution in [3.63, 3.8) is 0 Å². The van der Waals surface area contributed by atoms with Gasteiger partial charge < -0.3 is 4.74 Å². The molecule has 5 aliphatic carbocycles. The predicted octanol–water partition coefficient (Wildman–Crippen LogP) is 5.46. The van der Waals surface area contributed by atoms with Crippen molar-refractivity contribution in [2.24, 2.45) is 35.5 Å². The molecule has 6 bridgehead atoms. The van der Waals surface area contributed by atoms with E-state index in [4.69, 9.17) is 4.74 Å². The summed E-state index contributed by atoms with van der Waals surface area (Å²) in [5.41, 5.74) is 0. The molecule has 7 rings (SSSR count). The molecule has 0 aromatic rings. The first-order chi connectivity index (χ1) is 11.8. The Labute approximate surface area is 146 Å². The fourth-order valence-corrected chi connectivity index (χ4v) is 5.91. The molecule has 1 heteroatoms. The van der Waals surface area contributed by atoms with Crippen LogP contribution in [0.1, 0.15) is 44.9 Å². The van der Waals surface area contributed by atoms with Gasteiger partial charge in [-0.05, 0) is 80.5 Å². The quantitative estimate of drug-likeness (QED) is 0.538. The molecule has 8 unspecified atom stereocenters. The summed E-state index contributed by atoms with van der Waals surface area (Å²) in [6, 6.07) is 0. The third kappa shape index (κ3) is 2.86. The van der Waals surface area contributed by atoms with Gasteiger partial charge in [0.05, 0.1) is 12.2 Å². The lowest BCUT2D eigenvalue weighted by molar-refractivity contribution is 0.120. The maximum atomic E-state index is 5.36. The molecule has 128 valence electrons. The van der Waals surface area contributed by atoms with Crippen LogP contribution in [0.3, 0.4) is 0 Å². The van der Waals surface area contributed by atoms with Crippen LogP contribution in [-0.2, 0) is 4.74 Å². The Kier molecular flexibility index (Phi) is 4.01. The van der Waals surface area contributed by atoms with Crippen molar-refractivity contribution >= 4 is 0 Å². The smallest absolute Gasteiger partial charge is 0.0765 e. The first-order valence-electron chi connectivity index (χ1n) is 10.2. The molecule has 0 aromatic carbocycles. The third-order valence-corrected chi connectivity index (χ3v) is 7.25. The average molecular weight is 322 g/mol. The van der Waals surface area contributed by atoms with Crippen molar-refractivity contribution in [1.82, 2.24) is 0 Å². The molecule has 7 aliphatic rings. The molecular weight excluding hydrogens is 292 g/mol. The fourth-order valence-electron chi connectivity index (χ4n) is 5.91. The van der Waals surface area contributed by atoms with E-state index in [-0.39, 0.29) is 0 Å². The molecule has 1 saturated heterocycles. The highest BCUT2D eigenvalue weighted by Gasteiger charge is 2.44. The fraction of sp³-hybridized carbons (Fsp3) is 0.652. The normalized spacial score (nSPS) is 49.3. The highest BCUT2D eigenvalue weighted by molar-refractivity contribution is 5.21. The van der Waals surface area contributed by atoms with Crippen LogP contribution in [0, 0.1) is 35.5 Å². The van der Waals surface area contributed by atoms with Crippen molar-refractivity contribution in [2.45, 2.75) is 57.2 Å². The summed E-state index contributed by atoms with van der Waals surface area (Å²) in [4.78, 5) is 0. The minimum atomic E-state index is 0.491. The van der Waals surface area contributed by atoms with Gasteiger partial charge >= 0.3 is 0 Å². The number of fused-ring (bicyclic) bond motifs is 9. The predicted molar refractivity (Wildman–Crippen MR) is 98.5 cm³/mol. The Morgan fingerprint density at radius 1 is 0.625 bits per heavy atom. The third-order valence-electron chi connectivity index (χ3n) is 7.25. The average Bonchev–Trinajstić information content (AvgIpc) is 3.48. The van der Waals surface area contributed by atoms with Crippen LogP contribution >= 0.6 is 0 Å². The molecule has 2 aliphatic heterocycles. The van der Waals surface area contributed by atoms with Crippen LogP contribution in [0.25, 0.3) is 0 Å². The second-order valence-electron chi connectivity index (χ2n) is 8.75. The molecule has 0 amide bonds. The van der Waals surface area contributed by atoms with E-state index in [0.29, 0.717) is 12.2 Å². The van der Waals surface area contributed by atoms with Crippen molar-refractivity contribution in [1.29, 1.82) is 0 Å². The number of hydrogen-bond donors (Lipinski definition) is 0. The second-order valence-corrected chi connectivity index (χ2v) is 8.75. The summed E-state index contributed by atoms with van der Waals surface area (Å²) >= 11 is 0. The lowest BCUT2D eigenvalue weighted by Gasteiger charge is -2.18. The zero-order chi connectivity index (χ0) is 15.9. The van der Waals surface area contributed by atoms with Gasteiger partial charge in [0, 0.05) is 0 Å². The van der Waals surface area contributed by atoms with Gasteiger partial charge in [-0.1, -0.05) is 48.6 Å². The van der Waals surface area contributed by atoms with Crippen LogP contribution in [0.5, 0.6) is 0 Å². The largest absolute Gasteiger partial charge is 0.367 e. The van der Waals surface area contributed by atoms with Crippen LogP contribution in [0.4, 0.5) is 0 Å². The number of allylic oxidation sites excluding steroid dienone is 6. The summed E-state index contributed by atoms with van der Waals surface area (Å²) in [5, 5.41) is 0. The van der Waals surface area contributed by atoms with E-state index < -0.39 is 0 Å². The highest BCUT2D eigenvalue weighted by Crippen LogP contribution is 2.52. The number of rotatable bonds is 0. The van der Waals surface area contributed by atoms with Crippen molar-refractivity contribution in [3.8, 4) is 0 Å². The van der Waals surface area contributed by atoms with E-state index >= 15 is 0 Å². The van der Waals surface area contributed by atoms with Gasteiger partial charge in [0.25, 0.3) is 0 Å². The minimum absolute atomic E-state index is 0.491. The van der Waals surface area contributed by atoms with E-state index in [1.54, 1.807) is 0 Å². The van der Waals surface area contributed by atoms with Gasteiger partial charge in [-0.15, -0.1) is 0 Å².